The zero-order chi connectivity index (χ0) is 21.3. The maximum Gasteiger partial charge on any atom is 0.416 e. The van der Waals surface area contributed by atoms with Crippen molar-refractivity contribution in [2.75, 3.05) is 5.73 Å². The molecule has 4 aromatic rings. The minimum absolute atomic E-state index is 0.205. The van der Waals surface area contributed by atoms with E-state index < -0.39 is 11.7 Å². The lowest BCUT2D eigenvalue weighted by atomic mass is 9.99. The molecule has 7 heteroatoms. The van der Waals surface area contributed by atoms with Gasteiger partial charge in [0.15, 0.2) is 0 Å². The van der Waals surface area contributed by atoms with Gasteiger partial charge < -0.3 is 5.73 Å². The second-order valence-electron chi connectivity index (χ2n) is 6.87. The number of aryl methyl sites for hydroxylation is 1. The van der Waals surface area contributed by atoms with E-state index in [1.807, 2.05) is 43.3 Å². The van der Waals surface area contributed by atoms with Gasteiger partial charge in [0.2, 0.25) is 5.95 Å². The third-order valence-electron chi connectivity index (χ3n) is 4.66. The number of halogens is 3. The molecule has 150 valence electrons. The molecule has 0 saturated carbocycles. The van der Waals surface area contributed by atoms with Gasteiger partial charge in [-0.15, -0.1) is 0 Å². The molecule has 4 nitrogen and oxygen atoms in total. The molecular formula is C23H17F3N4. The molecule has 0 amide bonds. The molecule has 0 bridgehead atoms. The Bertz CT molecular complexity index is 1180. The number of benzene rings is 2. The number of alkyl halides is 3. The molecule has 0 aliphatic rings. The van der Waals surface area contributed by atoms with Crippen LogP contribution in [0.25, 0.3) is 33.5 Å². The lowest BCUT2D eigenvalue weighted by Crippen LogP contribution is -2.04. The molecular weight excluding hydrogens is 389 g/mol. The van der Waals surface area contributed by atoms with Crippen molar-refractivity contribution in [2.24, 2.45) is 0 Å². The summed E-state index contributed by atoms with van der Waals surface area (Å²) in [6.07, 6.45) is -1.05. The fourth-order valence-corrected chi connectivity index (χ4v) is 3.18. The summed E-state index contributed by atoms with van der Waals surface area (Å²) < 4.78 is 38.5. The molecule has 0 spiro atoms. The third kappa shape index (κ3) is 4.15. The molecule has 0 aliphatic carbocycles. The molecule has 2 N–H and O–H groups in total. The van der Waals surface area contributed by atoms with Crippen LogP contribution in [0.15, 0.2) is 73.1 Å². The van der Waals surface area contributed by atoms with E-state index in [2.05, 4.69) is 15.0 Å². The van der Waals surface area contributed by atoms with E-state index in [1.165, 1.54) is 12.1 Å². The van der Waals surface area contributed by atoms with Crippen LogP contribution in [-0.4, -0.2) is 15.0 Å². The molecule has 0 atom stereocenters. The largest absolute Gasteiger partial charge is 0.416 e. The van der Waals surface area contributed by atoms with E-state index in [9.17, 15) is 13.2 Å². The molecule has 0 aliphatic heterocycles. The van der Waals surface area contributed by atoms with Crippen molar-refractivity contribution < 1.29 is 13.2 Å². The molecule has 0 saturated heterocycles. The van der Waals surface area contributed by atoms with Gasteiger partial charge in [0.05, 0.1) is 11.3 Å². The van der Waals surface area contributed by atoms with E-state index in [0.29, 0.717) is 5.56 Å². The monoisotopic (exact) mass is 406 g/mol. The molecule has 30 heavy (non-hydrogen) atoms. The molecule has 2 aromatic heterocycles. The maximum absolute atomic E-state index is 12.8. The summed E-state index contributed by atoms with van der Waals surface area (Å²) >= 11 is 0. The Labute approximate surface area is 171 Å². The first-order valence-electron chi connectivity index (χ1n) is 9.14. The average molecular weight is 406 g/mol. The molecule has 0 unspecified atom stereocenters. The van der Waals surface area contributed by atoms with E-state index in [1.54, 1.807) is 12.4 Å². The van der Waals surface area contributed by atoms with Crippen LogP contribution in [0.4, 0.5) is 19.1 Å². The van der Waals surface area contributed by atoms with Gasteiger partial charge >= 0.3 is 6.18 Å². The Morgan fingerprint density at radius 2 is 1.40 bits per heavy atom. The second kappa shape index (κ2) is 7.59. The number of nitrogens with zero attached hydrogens (tertiary/aromatic N) is 3. The minimum atomic E-state index is -4.36. The van der Waals surface area contributed by atoms with Crippen molar-refractivity contribution in [3.8, 4) is 33.5 Å². The summed E-state index contributed by atoms with van der Waals surface area (Å²) in [7, 11) is 0. The molecule has 2 heterocycles. The molecule has 0 fully saturated rings. The normalized spacial score (nSPS) is 11.5. The minimum Gasteiger partial charge on any atom is -0.368 e. The number of anilines is 1. The van der Waals surface area contributed by atoms with Crippen LogP contribution in [0.1, 0.15) is 11.3 Å². The van der Waals surface area contributed by atoms with Gasteiger partial charge in [-0.2, -0.15) is 13.2 Å². The van der Waals surface area contributed by atoms with Crippen LogP contribution in [-0.2, 0) is 6.18 Å². The Kier molecular flexibility index (Phi) is 4.95. The number of nitrogen functional groups attached to an aromatic ring is 1. The summed E-state index contributed by atoms with van der Waals surface area (Å²) in [6, 6.07) is 16.6. The van der Waals surface area contributed by atoms with E-state index >= 15 is 0 Å². The van der Waals surface area contributed by atoms with Crippen LogP contribution in [0.3, 0.4) is 0 Å². The van der Waals surface area contributed by atoms with Gasteiger partial charge in [-0.1, -0.05) is 30.3 Å². The van der Waals surface area contributed by atoms with Crippen LogP contribution < -0.4 is 5.73 Å². The molecule has 0 radical (unpaired) electrons. The smallest absolute Gasteiger partial charge is 0.368 e. The van der Waals surface area contributed by atoms with Gasteiger partial charge in [-0.25, -0.2) is 9.97 Å². The van der Waals surface area contributed by atoms with Crippen LogP contribution in [0, 0.1) is 6.92 Å². The highest BCUT2D eigenvalue weighted by atomic mass is 19.4. The van der Waals surface area contributed by atoms with Gasteiger partial charge in [-0.3, -0.25) is 4.98 Å². The number of hydrogen-bond donors (Lipinski definition) is 1. The summed E-state index contributed by atoms with van der Waals surface area (Å²) in [4.78, 5) is 12.6. The highest BCUT2D eigenvalue weighted by Crippen LogP contribution is 2.32. The number of aromatic nitrogens is 3. The van der Waals surface area contributed by atoms with Crippen molar-refractivity contribution in [3.05, 3.63) is 84.3 Å². The van der Waals surface area contributed by atoms with Gasteiger partial charge in [0.1, 0.15) is 0 Å². The standard InChI is InChI=1S/C23H17F3N4/c1-14-9-18(15-5-7-20(8-6-15)23(24,25)26)11-21(30-14)17-4-2-3-16(10-17)19-12-28-22(27)29-13-19/h2-13H,1H3,(H2,27,28,29). The Morgan fingerprint density at radius 3 is 2.07 bits per heavy atom. The van der Waals surface area contributed by atoms with Crippen LogP contribution in [0.2, 0.25) is 0 Å². The van der Waals surface area contributed by atoms with E-state index in [-0.39, 0.29) is 5.95 Å². The summed E-state index contributed by atoms with van der Waals surface area (Å²) in [5.41, 5.74) is 10.5. The lowest BCUT2D eigenvalue weighted by molar-refractivity contribution is -0.137. The van der Waals surface area contributed by atoms with Gasteiger partial charge in [-0.05, 0) is 53.9 Å². The van der Waals surface area contributed by atoms with Crippen molar-refractivity contribution in [3.63, 3.8) is 0 Å². The Morgan fingerprint density at radius 1 is 0.733 bits per heavy atom. The number of rotatable bonds is 3. The maximum atomic E-state index is 12.8. The summed E-state index contributed by atoms with van der Waals surface area (Å²) in [5, 5.41) is 0. The zero-order valence-electron chi connectivity index (χ0n) is 16.0. The Balaban J connectivity index is 1.72. The van der Waals surface area contributed by atoms with Crippen molar-refractivity contribution in [1.29, 1.82) is 0 Å². The van der Waals surface area contributed by atoms with Crippen molar-refractivity contribution in [1.82, 2.24) is 15.0 Å². The second-order valence-corrected chi connectivity index (χ2v) is 6.87. The first-order valence-corrected chi connectivity index (χ1v) is 9.14. The first kappa shape index (κ1) is 19.6. The number of nitrogens with two attached hydrogens (primary N) is 1. The topological polar surface area (TPSA) is 64.7 Å². The SMILES string of the molecule is Cc1cc(-c2ccc(C(F)(F)F)cc2)cc(-c2cccc(-c3cnc(N)nc3)c2)n1. The number of hydrogen-bond acceptors (Lipinski definition) is 4. The van der Waals surface area contributed by atoms with Crippen molar-refractivity contribution in [2.45, 2.75) is 13.1 Å². The average Bonchev–Trinajstić information content (AvgIpc) is 2.73. The highest BCUT2D eigenvalue weighted by molar-refractivity contribution is 5.75. The fraction of sp³-hybridized carbons (Fsp3) is 0.0870. The number of pyridine rings is 1. The predicted molar refractivity (Wildman–Crippen MR) is 110 cm³/mol. The first-order chi connectivity index (χ1) is 14.3. The Hall–Kier alpha value is -3.74. The quantitative estimate of drug-likeness (QED) is 0.468. The lowest BCUT2D eigenvalue weighted by Gasteiger charge is -2.11. The third-order valence-corrected chi connectivity index (χ3v) is 4.66. The molecule has 2 aromatic carbocycles. The fourth-order valence-electron chi connectivity index (χ4n) is 3.18. The van der Waals surface area contributed by atoms with E-state index in [4.69, 9.17) is 5.73 Å². The molecule has 4 rings (SSSR count). The van der Waals surface area contributed by atoms with Crippen LogP contribution in [0.5, 0.6) is 0 Å². The summed E-state index contributed by atoms with van der Waals surface area (Å²) in [5.74, 6) is 0.205. The summed E-state index contributed by atoms with van der Waals surface area (Å²) in [6.45, 7) is 1.86. The van der Waals surface area contributed by atoms with Crippen molar-refractivity contribution >= 4 is 5.95 Å². The van der Waals surface area contributed by atoms with E-state index in [0.717, 1.165) is 45.8 Å². The van der Waals surface area contributed by atoms with Crippen LogP contribution >= 0.6 is 0 Å². The zero-order valence-corrected chi connectivity index (χ0v) is 16.0. The highest BCUT2D eigenvalue weighted by Gasteiger charge is 2.30. The predicted octanol–water partition coefficient (Wildman–Crippen LogP) is 5.78. The van der Waals surface area contributed by atoms with Gasteiger partial charge in [0.25, 0.3) is 0 Å². The van der Waals surface area contributed by atoms with Gasteiger partial charge in [0, 0.05) is 29.2 Å².